The molecule has 0 atom stereocenters. The van der Waals surface area contributed by atoms with Crippen LogP contribution in [-0.2, 0) is 5.41 Å². The molecule has 0 heterocycles. The van der Waals surface area contributed by atoms with Crippen LogP contribution in [0.25, 0.3) is 0 Å². The normalized spacial score (nSPS) is 10.8. The van der Waals surface area contributed by atoms with Gasteiger partial charge in [-0.05, 0) is 16.7 Å². The molecule has 0 saturated heterocycles. The van der Waals surface area contributed by atoms with Gasteiger partial charge in [0, 0.05) is 5.41 Å². The summed E-state index contributed by atoms with van der Waals surface area (Å²) in [6.45, 7) is -0.217. The van der Waals surface area contributed by atoms with Crippen molar-refractivity contribution in [3.05, 3.63) is 108 Å². The number of rotatable bonds is 4. The zero-order chi connectivity index (χ0) is 14.5. The zero-order valence-corrected chi connectivity index (χ0v) is 14.8. The van der Waals surface area contributed by atoms with Gasteiger partial charge in [-0.3, -0.25) is 0 Å². The van der Waals surface area contributed by atoms with Crippen LogP contribution in [0.1, 0.15) is 16.7 Å². The smallest absolute Gasteiger partial charge is 0.853 e. The van der Waals surface area contributed by atoms with Crippen molar-refractivity contribution in [2.75, 3.05) is 6.61 Å². The van der Waals surface area contributed by atoms with E-state index in [0.717, 1.165) is 16.7 Å². The topological polar surface area (TPSA) is 23.1 Å². The molecule has 0 fully saturated rings. The maximum Gasteiger partial charge on any atom is 1.00 e. The minimum Gasteiger partial charge on any atom is -0.853 e. The van der Waals surface area contributed by atoms with Crippen LogP contribution in [0.3, 0.4) is 0 Å². The molecule has 1 nitrogen and oxygen atoms in total. The Bertz CT molecular complexity index is 584. The van der Waals surface area contributed by atoms with Crippen molar-refractivity contribution in [2.45, 2.75) is 5.41 Å². The van der Waals surface area contributed by atoms with Gasteiger partial charge in [-0.25, -0.2) is 0 Å². The summed E-state index contributed by atoms with van der Waals surface area (Å²) in [5, 5.41) is 12.4. The van der Waals surface area contributed by atoms with E-state index in [2.05, 4.69) is 0 Å². The summed E-state index contributed by atoms with van der Waals surface area (Å²) in [5.74, 6) is 0. The van der Waals surface area contributed by atoms with E-state index in [0.29, 0.717) is 0 Å². The number of hydrogen-bond donors (Lipinski definition) is 0. The Hall–Kier alpha value is -1.38. The van der Waals surface area contributed by atoms with Crippen molar-refractivity contribution in [3.8, 4) is 0 Å². The predicted molar refractivity (Wildman–Crippen MR) is 84.1 cm³/mol. The summed E-state index contributed by atoms with van der Waals surface area (Å²) in [6.07, 6.45) is 0. The molecule has 0 aliphatic heterocycles. The Morgan fingerprint density at radius 3 is 1.05 bits per heavy atom. The van der Waals surface area contributed by atoms with E-state index in [1.807, 2.05) is 91.0 Å². The quantitative estimate of drug-likeness (QED) is 0.504. The van der Waals surface area contributed by atoms with Crippen molar-refractivity contribution >= 4 is 0 Å². The third-order valence-electron chi connectivity index (χ3n) is 4.02. The molecule has 104 valence electrons. The van der Waals surface area contributed by atoms with Crippen molar-refractivity contribution in [1.29, 1.82) is 0 Å². The average Bonchev–Trinajstić information content (AvgIpc) is 2.59. The van der Waals surface area contributed by atoms with Gasteiger partial charge in [0.2, 0.25) is 0 Å². The van der Waals surface area contributed by atoms with E-state index in [-0.39, 0.29) is 36.2 Å². The molecule has 0 aliphatic carbocycles. The van der Waals surface area contributed by atoms with E-state index in [1.54, 1.807) is 0 Å². The van der Waals surface area contributed by atoms with Crippen LogP contribution < -0.4 is 34.7 Å². The summed E-state index contributed by atoms with van der Waals surface area (Å²) >= 11 is 0. The fourth-order valence-electron chi connectivity index (χ4n) is 2.92. The first-order chi connectivity index (χ1) is 10.4. The molecule has 3 aromatic rings. The van der Waals surface area contributed by atoms with Crippen molar-refractivity contribution < 1.29 is 34.7 Å². The van der Waals surface area contributed by atoms with E-state index in [4.69, 9.17) is 0 Å². The van der Waals surface area contributed by atoms with Crippen LogP contribution in [0.5, 0.6) is 0 Å². The molecule has 0 saturated carbocycles. The molecule has 0 spiro atoms. The Morgan fingerprint density at radius 1 is 0.545 bits per heavy atom. The molecule has 2 heteroatoms. The van der Waals surface area contributed by atoms with E-state index < -0.39 is 5.41 Å². The first kappa shape index (κ1) is 17.0. The minimum atomic E-state index is -0.635. The Kier molecular flexibility index (Phi) is 5.98. The maximum absolute atomic E-state index is 12.4. The molecule has 0 radical (unpaired) electrons. The number of hydrogen-bond acceptors (Lipinski definition) is 1. The summed E-state index contributed by atoms with van der Waals surface area (Å²) in [5.41, 5.74) is 2.48. The zero-order valence-electron chi connectivity index (χ0n) is 12.8. The third-order valence-corrected chi connectivity index (χ3v) is 4.02. The van der Waals surface area contributed by atoms with Gasteiger partial charge in [-0.1, -0.05) is 91.0 Å². The van der Waals surface area contributed by atoms with Gasteiger partial charge in [0.15, 0.2) is 0 Å². The van der Waals surface area contributed by atoms with E-state index >= 15 is 0 Å². The van der Waals surface area contributed by atoms with E-state index in [9.17, 15) is 5.11 Å². The second-order valence-electron chi connectivity index (χ2n) is 5.15. The molecule has 3 aromatic carbocycles. The molecule has 0 amide bonds. The molecule has 0 bridgehead atoms. The predicted octanol–water partition coefficient (Wildman–Crippen LogP) is 0.385. The van der Waals surface area contributed by atoms with Crippen molar-refractivity contribution in [1.82, 2.24) is 0 Å². The summed E-state index contributed by atoms with van der Waals surface area (Å²) in [4.78, 5) is 0. The molecule has 0 N–H and O–H groups in total. The van der Waals surface area contributed by atoms with Crippen LogP contribution in [0, 0.1) is 0 Å². The van der Waals surface area contributed by atoms with Gasteiger partial charge in [0.05, 0.1) is 0 Å². The van der Waals surface area contributed by atoms with Gasteiger partial charge >= 0.3 is 29.6 Å². The summed E-state index contributed by atoms with van der Waals surface area (Å²) in [6, 6.07) is 30.1. The van der Waals surface area contributed by atoms with E-state index in [1.165, 1.54) is 0 Å². The second-order valence-corrected chi connectivity index (χ2v) is 5.15. The fourth-order valence-corrected chi connectivity index (χ4v) is 2.92. The first-order valence-electron chi connectivity index (χ1n) is 7.12. The van der Waals surface area contributed by atoms with Gasteiger partial charge < -0.3 is 5.11 Å². The average molecular weight is 296 g/mol. The standard InChI is InChI=1S/C20H17O.Na/c21-16-20(17-10-4-1-5-11-17,18-12-6-2-7-13-18)19-14-8-3-9-15-19;/h1-15H,16H2;/q-1;+1. The summed E-state index contributed by atoms with van der Waals surface area (Å²) in [7, 11) is 0. The molecular formula is C20H17NaO. The Morgan fingerprint density at radius 2 is 0.818 bits per heavy atom. The monoisotopic (exact) mass is 296 g/mol. The molecule has 3 rings (SSSR count). The first-order valence-corrected chi connectivity index (χ1v) is 7.12. The third kappa shape index (κ3) is 3.04. The van der Waals surface area contributed by atoms with Gasteiger partial charge in [0.25, 0.3) is 0 Å². The molecular weight excluding hydrogens is 279 g/mol. The fraction of sp³-hybridized carbons (Fsp3) is 0.100. The van der Waals surface area contributed by atoms with Crippen LogP contribution in [0.4, 0.5) is 0 Å². The van der Waals surface area contributed by atoms with Crippen molar-refractivity contribution in [2.24, 2.45) is 0 Å². The second kappa shape index (κ2) is 7.75. The van der Waals surface area contributed by atoms with Crippen LogP contribution in [0.15, 0.2) is 91.0 Å². The molecule has 0 aromatic heterocycles. The van der Waals surface area contributed by atoms with Gasteiger partial charge in [-0.2, -0.15) is 0 Å². The minimum absolute atomic E-state index is 0. The molecule has 0 aliphatic rings. The van der Waals surface area contributed by atoms with Gasteiger partial charge in [0.1, 0.15) is 0 Å². The Labute approximate surface area is 153 Å². The largest absolute Gasteiger partial charge is 1.00 e. The Balaban J connectivity index is 0.00000176. The van der Waals surface area contributed by atoms with Crippen LogP contribution in [0.2, 0.25) is 0 Å². The SMILES string of the molecule is [Na+].[O-]CC(c1ccccc1)(c1ccccc1)c1ccccc1. The van der Waals surface area contributed by atoms with Crippen LogP contribution in [-0.4, -0.2) is 6.61 Å². The molecule has 22 heavy (non-hydrogen) atoms. The molecule has 0 unspecified atom stereocenters. The number of benzene rings is 3. The van der Waals surface area contributed by atoms with Gasteiger partial charge in [-0.15, -0.1) is 6.61 Å². The summed E-state index contributed by atoms with van der Waals surface area (Å²) < 4.78 is 0. The van der Waals surface area contributed by atoms with Crippen molar-refractivity contribution in [3.63, 3.8) is 0 Å². The van der Waals surface area contributed by atoms with Crippen LogP contribution >= 0.6 is 0 Å². The maximum atomic E-state index is 12.4.